The van der Waals surface area contributed by atoms with Gasteiger partial charge in [-0.05, 0) is 37.3 Å². The first-order valence-corrected chi connectivity index (χ1v) is 9.02. The molecule has 0 saturated carbocycles. The van der Waals surface area contributed by atoms with Crippen molar-refractivity contribution in [1.29, 1.82) is 0 Å². The number of amides is 2. The lowest BCUT2D eigenvalue weighted by Gasteiger charge is -2.23. The van der Waals surface area contributed by atoms with E-state index >= 15 is 0 Å². The summed E-state index contributed by atoms with van der Waals surface area (Å²) >= 11 is 3.33. The lowest BCUT2D eigenvalue weighted by atomic mass is 10.0. The Hall–Kier alpha value is -2.67. The van der Waals surface area contributed by atoms with Gasteiger partial charge in [-0.25, -0.2) is 4.99 Å². The molecule has 2 amide bonds. The highest BCUT2D eigenvalue weighted by Crippen LogP contribution is 2.31. The van der Waals surface area contributed by atoms with Crippen LogP contribution in [-0.2, 0) is 4.79 Å². The summed E-state index contributed by atoms with van der Waals surface area (Å²) in [5.41, 5.74) is 1.29. The highest BCUT2D eigenvalue weighted by atomic mass is 79.9. The van der Waals surface area contributed by atoms with E-state index in [0.717, 1.165) is 10.0 Å². The number of aliphatic imine (C=N–C) groups is 1. The molecule has 1 heterocycles. The summed E-state index contributed by atoms with van der Waals surface area (Å²) < 4.78 is 6.51. The SMILES string of the molecule is CCOc1ccccc1C1CC(=O)NC(NC(=O)c2ccc(Br)cc2)=N1. The van der Waals surface area contributed by atoms with Crippen LogP contribution in [0, 0.1) is 0 Å². The van der Waals surface area contributed by atoms with Gasteiger partial charge in [0, 0.05) is 15.6 Å². The number of hydrogen-bond acceptors (Lipinski definition) is 4. The van der Waals surface area contributed by atoms with Crippen molar-refractivity contribution in [3.05, 3.63) is 64.1 Å². The van der Waals surface area contributed by atoms with Crippen LogP contribution in [-0.4, -0.2) is 24.4 Å². The molecule has 2 aromatic carbocycles. The third-order valence-electron chi connectivity index (χ3n) is 3.84. The molecule has 26 heavy (non-hydrogen) atoms. The molecule has 2 aromatic rings. The van der Waals surface area contributed by atoms with Gasteiger partial charge >= 0.3 is 0 Å². The van der Waals surface area contributed by atoms with E-state index in [-0.39, 0.29) is 24.2 Å². The van der Waals surface area contributed by atoms with Gasteiger partial charge in [0.1, 0.15) is 5.75 Å². The summed E-state index contributed by atoms with van der Waals surface area (Å²) in [6, 6.07) is 14.0. The Bertz CT molecular complexity index is 849. The summed E-state index contributed by atoms with van der Waals surface area (Å²) in [5.74, 6) is 0.292. The molecule has 0 radical (unpaired) electrons. The van der Waals surface area contributed by atoms with Crippen LogP contribution in [0.25, 0.3) is 0 Å². The lowest BCUT2D eigenvalue weighted by Crippen LogP contribution is -2.47. The van der Waals surface area contributed by atoms with Gasteiger partial charge in [0.05, 0.1) is 19.1 Å². The average molecular weight is 416 g/mol. The Labute approximate surface area is 159 Å². The minimum Gasteiger partial charge on any atom is -0.494 e. The number of ether oxygens (including phenoxy) is 1. The number of guanidine groups is 1. The van der Waals surface area contributed by atoms with E-state index in [0.29, 0.717) is 17.9 Å². The molecule has 134 valence electrons. The zero-order chi connectivity index (χ0) is 18.5. The van der Waals surface area contributed by atoms with Crippen molar-refractivity contribution in [2.45, 2.75) is 19.4 Å². The van der Waals surface area contributed by atoms with Crippen LogP contribution in [0.2, 0.25) is 0 Å². The van der Waals surface area contributed by atoms with Crippen LogP contribution in [0.5, 0.6) is 5.75 Å². The van der Waals surface area contributed by atoms with Gasteiger partial charge in [-0.2, -0.15) is 0 Å². The summed E-state index contributed by atoms with van der Waals surface area (Å²) in [6.45, 7) is 2.42. The molecule has 0 bridgehead atoms. The van der Waals surface area contributed by atoms with Crippen LogP contribution in [0.3, 0.4) is 0 Å². The predicted octanol–water partition coefficient (Wildman–Crippen LogP) is 3.19. The van der Waals surface area contributed by atoms with Crippen LogP contribution < -0.4 is 15.4 Å². The van der Waals surface area contributed by atoms with Crippen LogP contribution in [0.4, 0.5) is 0 Å². The number of carbonyl (C=O) groups excluding carboxylic acids is 2. The van der Waals surface area contributed by atoms with Crippen LogP contribution in [0.1, 0.15) is 35.3 Å². The van der Waals surface area contributed by atoms with Crippen LogP contribution >= 0.6 is 15.9 Å². The van der Waals surface area contributed by atoms with Crippen LogP contribution in [0.15, 0.2) is 58.0 Å². The molecule has 0 aromatic heterocycles. The van der Waals surface area contributed by atoms with Crippen molar-refractivity contribution in [1.82, 2.24) is 10.6 Å². The molecule has 0 fully saturated rings. The number of carbonyl (C=O) groups is 2. The van der Waals surface area contributed by atoms with E-state index in [1.807, 2.05) is 31.2 Å². The van der Waals surface area contributed by atoms with Crippen molar-refractivity contribution < 1.29 is 14.3 Å². The third kappa shape index (κ3) is 4.29. The largest absolute Gasteiger partial charge is 0.494 e. The first-order chi connectivity index (χ1) is 12.6. The average Bonchev–Trinajstić information content (AvgIpc) is 2.62. The smallest absolute Gasteiger partial charge is 0.257 e. The van der Waals surface area contributed by atoms with E-state index in [1.165, 1.54) is 0 Å². The molecule has 6 nitrogen and oxygen atoms in total. The highest BCUT2D eigenvalue weighted by Gasteiger charge is 2.25. The van der Waals surface area contributed by atoms with E-state index < -0.39 is 6.04 Å². The minimum absolute atomic E-state index is 0.144. The summed E-state index contributed by atoms with van der Waals surface area (Å²) in [5, 5.41) is 5.27. The van der Waals surface area contributed by atoms with Gasteiger partial charge < -0.3 is 4.74 Å². The van der Waals surface area contributed by atoms with E-state index in [9.17, 15) is 9.59 Å². The fourth-order valence-electron chi connectivity index (χ4n) is 2.66. The minimum atomic E-state index is -0.410. The second-order valence-corrected chi connectivity index (χ2v) is 6.59. The molecule has 1 atom stereocenters. The summed E-state index contributed by atoms with van der Waals surface area (Å²) in [6.07, 6.45) is 0.196. The molecule has 7 heteroatoms. The number of nitrogens with zero attached hydrogens (tertiary/aromatic N) is 1. The number of nitrogens with one attached hydrogen (secondary N) is 2. The molecule has 2 N–H and O–H groups in total. The highest BCUT2D eigenvalue weighted by molar-refractivity contribution is 9.10. The second-order valence-electron chi connectivity index (χ2n) is 5.68. The van der Waals surface area contributed by atoms with E-state index in [2.05, 4.69) is 31.6 Å². The van der Waals surface area contributed by atoms with Gasteiger partial charge in [0.2, 0.25) is 11.9 Å². The third-order valence-corrected chi connectivity index (χ3v) is 4.37. The fourth-order valence-corrected chi connectivity index (χ4v) is 2.92. The Kier molecular flexibility index (Phi) is 5.68. The molecule has 1 unspecified atom stereocenters. The number of halogens is 1. The Balaban J connectivity index is 1.82. The Morgan fingerprint density at radius 1 is 1.27 bits per heavy atom. The molecular formula is C19H18BrN3O3. The second kappa shape index (κ2) is 8.14. The number of benzene rings is 2. The molecule has 1 aliphatic rings. The molecule has 0 aliphatic carbocycles. The Morgan fingerprint density at radius 3 is 2.73 bits per heavy atom. The van der Waals surface area contributed by atoms with Crippen molar-refractivity contribution in [2.75, 3.05) is 6.61 Å². The first-order valence-electron chi connectivity index (χ1n) is 8.23. The number of rotatable bonds is 4. The Morgan fingerprint density at radius 2 is 2.00 bits per heavy atom. The van der Waals surface area contributed by atoms with Gasteiger partial charge in [-0.1, -0.05) is 34.1 Å². The monoisotopic (exact) mass is 415 g/mol. The van der Waals surface area contributed by atoms with Gasteiger partial charge in [0.25, 0.3) is 5.91 Å². The maximum Gasteiger partial charge on any atom is 0.257 e. The molecule has 0 saturated heterocycles. The van der Waals surface area contributed by atoms with Crippen molar-refractivity contribution in [3.8, 4) is 5.75 Å². The first kappa shape index (κ1) is 18.1. The zero-order valence-electron chi connectivity index (χ0n) is 14.2. The maximum absolute atomic E-state index is 12.4. The molecule has 0 spiro atoms. The maximum atomic E-state index is 12.4. The predicted molar refractivity (Wildman–Crippen MR) is 102 cm³/mol. The summed E-state index contributed by atoms with van der Waals surface area (Å²) in [7, 11) is 0. The van der Waals surface area contributed by atoms with Gasteiger partial charge in [-0.15, -0.1) is 0 Å². The molecular weight excluding hydrogens is 398 g/mol. The van der Waals surface area contributed by atoms with Gasteiger partial charge in [-0.3, -0.25) is 20.2 Å². The van der Waals surface area contributed by atoms with E-state index in [1.54, 1.807) is 24.3 Å². The van der Waals surface area contributed by atoms with Crippen molar-refractivity contribution in [2.24, 2.45) is 4.99 Å². The molecule has 1 aliphatic heterocycles. The molecule has 3 rings (SSSR count). The zero-order valence-corrected chi connectivity index (χ0v) is 15.7. The quantitative estimate of drug-likeness (QED) is 0.804. The topological polar surface area (TPSA) is 79.8 Å². The normalized spacial score (nSPS) is 16.5. The van der Waals surface area contributed by atoms with E-state index in [4.69, 9.17) is 4.74 Å². The number of para-hydroxylation sites is 1. The van der Waals surface area contributed by atoms with Crippen molar-refractivity contribution >= 4 is 33.7 Å². The van der Waals surface area contributed by atoms with Crippen molar-refractivity contribution in [3.63, 3.8) is 0 Å². The summed E-state index contributed by atoms with van der Waals surface area (Å²) in [4.78, 5) is 29.0. The number of hydrogen-bond donors (Lipinski definition) is 2. The fraction of sp³-hybridized carbons (Fsp3) is 0.211. The lowest BCUT2D eigenvalue weighted by molar-refractivity contribution is -0.120. The standard InChI is InChI=1S/C19H18BrN3O3/c1-2-26-16-6-4-3-5-14(16)15-11-17(24)22-19(21-15)23-18(25)12-7-9-13(20)10-8-12/h3-10,15H,2,11H2,1H3,(H2,21,22,23,24,25). The van der Waals surface area contributed by atoms with Gasteiger partial charge in [0.15, 0.2) is 0 Å².